The Bertz CT molecular complexity index is 705. The van der Waals surface area contributed by atoms with E-state index in [1.54, 1.807) is 6.20 Å². The SMILES string of the molecule is Cc1c(Br)c(=O)n(C2CCCC2)c2nc(Br)ncc12. The Morgan fingerprint density at radius 2 is 2.00 bits per heavy atom. The van der Waals surface area contributed by atoms with Crippen LogP contribution >= 0.6 is 31.9 Å². The van der Waals surface area contributed by atoms with Gasteiger partial charge in [-0.2, -0.15) is 0 Å². The number of rotatable bonds is 1. The predicted octanol–water partition coefficient (Wildman–Crippen LogP) is 3.74. The Balaban J connectivity index is 2.40. The Hall–Kier alpha value is -0.750. The molecule has 0 bridgehead atoms. The third kappa shape index (κ3) is 2.14. The van der Waals surface area contributed by atoms with Crippen molar-refractivity contribution in [3.63, 3.8) is 0 Å². The summed E-state index contributed by atoms with van der Waals surface area (Å²) in [5.41, 5.74) is 1.66. The summed E-state index contributed by atoms with van der Waals surface area (Å²) in [4.78, 5) is 21.1. The quantitative estimate of drug-likeness (QED) is 0.701. The highest BCUT2D eigenvalue weighted by Gasteiger charge is 2.23. The van der Waals surface area contributed by atoms with Crippen molar-refractivity contribution in [2.45, 2.75) is 38.6 Å². The molecule has 2 aromatic rings. The second-order valence-electron chi connectivity index (χ2n) is 4.93. The second-order valence-corrected chi connectivity index (χ2v) is 6.43. The van der Waals surface area contributed by atoms with Gasteiger partial charge in [0.25, 0.3) is 5.56 Å². The minimum atomic E-state index is 0.0162. The largest absolute Gasteiger partial charge is 0.288 e. The Morgan fingerprint density at radius 1 is 1.32 bits per heavy atom. The van der Waals surface area contributed by atoms with Crippen LogP contribution in [0.5, 0.6) is 0 Å². The first-order valence-electron chi connectivity index (χ1n) is 6.32. The maximum absolute atomic E-state index is 12.5. The number of nitrogens with zero attached hydrogens (tertiary/aromatic N) is 3. The van der Waals surface area contributed by atoms with E-state index in [9.17, 15) is 4.79 Å². The minimum Gasteiger partial charge on any atom is -0.288 e. The topological polar surface area (TPSA) is 47.8 Å². The summed E-state index contributed by atoms with van der Waals surface area (Å²) in [7, 11) is 0. The molecule has 0 saturated heterocycles. The number of aromatic nitrogens is 3. The molecule has 0 radical (unpaired) electrons. The maximum Gasteiger partial charge on any atom is 0.267 e. The smallest absolute Gasteiger partial charge is 0.267 e. The van der Waals surface area contributed by atoms with E-state index in [4.69, 9.17) is 0 Å². The fourth-order valence-electron chi connectivity index (χ4n) is 2.78. The highest BCUT2D eigenvalue weighted by molar-refractivity contribution is 9.10. The molecule has 6 heteroatoms. The van der Waals surface area contributed by atoms with Gasteiger partial charge in [-0.25, -0.2) is 9.97 Å². The van der Waals surface area contributed by atoms with Gasteiger partial charge in [0, 0.05) is 17.6 Å². The summed E-state index contributed by atoms with van der Waals surface area (Å²) in [5.74, 6) is 0. The van der Waals surface area contributed by atoms with Gasteiger partial charge in [0.2, 0.25) is 0 Å². The van der Waals surface area contributed by atoms with Crippen LogP contribution in [-0.4, -0.2) is 14.5 Å². The number of halogens is 2. The van der Waals surface area contributed by atoms with Crippen molar-refractivity contribution in [1.82, 2.24) is 14.5 Å². The average molecular weight is 387 g/mol. The molecule has 0 atom stereocenters. The molecular weight excluding hydrogens is 374 g/mol. The van der Waals surface area contributed by atoms with Gasteiger partial charge < -0.3 is 0 Å². The van der Waals surface area contributed by atoms with Gasteiger partial charge >= 0.3 is 0 Å². The zero-order chi connectivity index (χ0) is 13.6. The molecule has 1 saturated carbocycles. The lowest BCUT2D eigenvalue weighted by molar-refractivity contribution is 0.513. The molecular formula is C13H13Br2N3O. The van der Waals surface area contributed by atoms with Crippen LogP contribution in [0.25, 0.3) is 11.0 Å². The van der Waals surface area contributed by atoms with E-state index in [1.807, 2.05) is 11.5 Å². The van der Waals surface area contributed by atoms with Crippen LogP contribution in [0.1, 0.15) is 37.3 Å². The van der Waals surface area contributed by atoms with Gasteiger partial charge in [-0.15, -0.1) is 0 Å². The van der Waals surface area contributed by atoms with E-state index in [1.165, 1.54) is 12.8 Å². The van der Waals surface area contributed by atoms with Crippen LogP contribution in [0.15, 0.2) is 20.2 Å². The summed E-state index contributed by atoms with van der Waals surface area (Å²) in [6.07, 6.45) is 6.22. The molecule has 3 rings (SSSR count). The third-order valence-electron chi connectivity index (χ3n) is 3.80. The molecule has 0 amide bonds. The Labute approximate surface area is 127 Å². The lowest BCUT2D eigenvalue weighted by Crippen LogP contribution is -2.26. The molecule has 100 valence electrons. The van der Waals surface area contributed by atoms with Gasteiger partial charge in [0.05, 0.1) is 4.47 Å². The van der Waals surface area contributed by atoms with Gasteiger partial charge in [-0.3, -0.25) is 9.36 Å². The van der Waals surface area contributed by atoms with E-state index in [0.29, 0.717) is 9.21 Å². The van der Waals surface area contributed by atoms with E-state index < -0.39 is 0 Å². The first-order chi connectivity index (χ1) is 9.09. The molecule has 1 aliphatic carbocycles. The molecule has 4 nitrogen and oxygen atoms in total. The number of aryl methyl sites for hydroxylation is 1. The zero-order valence-corrected chi connectivity index (χ0v) is 13.7. The fraction of sp³-hybridized carbons (Fsp3) is 0.462. The highest BCUT2D eigenvalue weighted by atomic mass is 79.9. The Morgan fingerprint density at radius 3 is 2.68 bits per heavy atom. The lowest BCUT2D eigenvalue weighted by Gasteiger charge is -2.18. The molecule has 1 aliphatic rings. The minimum absolute atomic E-state index is 0.0162. The molecule has 0 unspecified atom stereocenters. The summed E-state index contributed by atoms with van der Waals surface area (Å²) < 4.78 is 2.98. The van der Waals surface area contributed by atoms with Crippen LogP contribution in [0, 0.1) is 6.92 Å². The zero-order valence-electron chi connectivity index (χ0n) is 10.5. The van der Waals surface area contributed by atoms with Gasteiger partial charge in [-0.1, -0.05) is 12.8 Å². The van der Waals surface area contributed by atoms with Crippen LogP contribution in [0.2, 0.25) is 0 Å². The summed E-state index contributed by atoms with van der Waals surface area (Å²) in [6, 6.07) is 0.258. The molecule has 1 fully saturated rings. The molecule has 19 heavy (non-hydrogen) atoms. The molecule has 2 heterocycles. The monoisotopic (exact) mass is 385 g/mol. The normalized spacial score (nSPS) is 16.4. The average Bonchev–Trinajstić information content (AvgIpc) is 2.90. The standard InChI is InChI=1S/C13H13Br2N3O/c1-7-9-6-16-13(15)17-11(9)18(12(19)10(7)14)8-4-2-3-5-8/h6,8H,2-5H2,1H3. The van der Waals surface area contributed by atoms with Crippen LogP contribution in [0.4, 0.5) is 0 Å². The predicted molar refractivity (Wildman–Crippen MR) is 81.4 cm³/mol. The van der Waals surface area contributed by atoms with Crippen LogP contribution in [-0.2, 0) is 0 Å². The van der Waals surface area contributed by atoms with Crippen LogP contribution < -0.4 is 5.56 Å². The summed E-state index contributed by atoms with van der Waals surface area (Å²) >= 11 is 6.71. The van der Waals surface area contributed by atoms with Crippen molar-refractivity contribution in [1.29, 1.82) is 0 Å². The van der Waals surface area contributed by atoms with Gasteiger partial charge in [-0.05, 0) is 57.2 Å². The highest BCUT2D eigenvalue weighted by Crippen LogP contribution is 2.32. The lowest BCUT2D eigenvalue weighted by atomic mass is 10.1. The summed E-state index contributed by atoms with van der Waals surface area (Å²) in [6.45, 7) is 1.92. The summed E-state index contributed by atoms with van der Waals surface area (Å²) in [5, 5.41) is 0.932. The van der Waals surface area contributed by atoms with Crippen LogP contribution in [0.3, 0.4) is 0 Å². The van der Waals surface area contributed by atoms with Crippen molar-refractivity contribution < 1.29 is 0 Å². The number of fused-ring (bicyclic) bond motifs is 1. The molecule has 0 aromatic carbocycles. The van der Waals surface area contributed by atoms with Crippen molar-refractivity contribution in [2.24, 2.45) is 0 Å². The number of hydrogen-bond donors (Lipinski definition) is 0. The van der Waals surface area contributed by atoms with Crippen molar-refractivity contribution in [3.05, 3.63) is 31.3 Å². The van der Waals surface area contributed by atoms with E-state index >= 15 is 0 Å². The number of hydrogen-bond acceptors (Lipinski definition) is 3. The first-order valence-corrected chi connectivity index (χ1v) is 7.91. The number of pyridine rings is 1. The van der Waals surface area contributed by atoms with E-state index in [-0.39, 0.29) is 11.6 Å². The molecule has 0 aliphatic heterocycles. The third-order valence-corrected chi connectivity index (χ3v) is 5.11. The Kier molecular flexibility index (Phi) is 3.47. The second kappa shape index (κ2) is 4.98. The maximum atomic E-state index is 12.5. The van der Waals surface area contributed by atoms with Gasteiger partial charge in [0.15, 0.2) is 4.73 Å². The van der Waals surface area contributed by atoms with Crippen molar-refractivity contribution >= 4 is 42.9 Å². The van der Waals surface area contributed by atoms with Crippen molar-refractivity contribution in [2.75, 3.05) is 0 Å². The van der Waals surface area contributed by atoms with Gasteiger partial charge in [0.1, 0.15) is 5.65 Å². The fourth-order valence-corrected chi connectivity index (χ4v) is 3.46. The molecule has 0 N–H and O–H groups in total. The first kappa shape index (κ1) is 13.2. The molecule has 2 aromatic heterocycles. The van der Waals surface area contributed by atoms with E-state index in [2.05, 4.69) is 41.8 Å². The van der Waals surface area contributed by atoms with E-state index in [0.717, 1.165) is 29.4 Å². The van der Waals surface area contributed by atoms with Crippen molar-refractivity contribution in [3.8, 4) is 0 Å². The molecule has 0 spiro atoms.